The average Bonchev–Trinajstić information content (AvgIpc) is 2.70. The first kappa shape index (κ1) is 27.9. The second-order valence-electron chi connectivity index (χ2n) is 7.62. The van der Waals surface area contributed by atoms with Crippen molar-refractivity contribution in [2.24, 2.45) is 0 Å². The van der Waals surface area contributed by atoms with Crippen LogP contribution in [0.5, 0.6) is 0 Å². The van der Waals surface area contributed by atoms with Crippen LogP contribution in [0.2, 0.25) is 0 Å². The molecule has 0 bridgehead atoms. The first-order chi connectivity index (χ1) is 14.2. The van der Waals surface area contributed by atoms with E-state index in [1.807, 2.05) is 6.92 Å². The zero-order valence-corrected chi connectivity index (χ0v) is 19.1. The normalized spacial score (nSPS) is 12.9. The third-order valence-electron chi connectivity index (χ3n) is 5.10. The van der Waals surface area contributed by atoms with Crippen LogP contribution in [0.1, 0.15) is 85.5 Å². The first-order valence-electron chi connectivity index (χ1n) is 11.0. The highest BCUT2D eigenvalue weighted by Crippen LogP contribution is 2.08. The number of carbonyl (C=O) groups is 5. The van der Waals surface area contributed by atoms with Crippen molar-refractivity contribution in [1.82, 2.24) is 16.0 Å². The number of carbonyl (C=O) groups excluding carboxylic acids is 5. The molecule has 0 aliphatic rings. The Kier molecular flexibility index (Phi) is 14.6. The molecule has 30 heavy (non-hydrogen) atoms. The van der Waals surface area contributed by atoms with E-state index in [4.69, 9.17) is 0 Å². The lowest BCUT2D eigenvalue weighted by Gasteiger charge is -2.22. The number of hydrogen-bond donors (Lipinski definition) is 3. The van der Waals surface area contributed by atoms with E-state index >= 15 is 0 Å². The Labute approximate surface area is 180 Å². The molecule has 8 heteroatoms. The molecule has 8 nitrogen and oxygen atoms in total. The summed E-state index contributed by atoms with van der Waals surface area (Å²) >= 11 is 0. The molecule has 0 radical (unpaired) electrons. The molecule has 172 valence electrons. The maximum Gasteiger partial charge on any atom is 0.222 e. The van der Waals surface area contributed by atoms with Gasteiger partial charge in [0.2, 0.25) is 11.8 Å². The van der Waals surface area contributed by atoms with Gasteiger partial charge >= 0.3 is 0 Å². The van der Waals surface area contributed by atoms with Gasteiger partial charge in [0.25, 0.3) is 0 Å². The molecule has 0 aromatic heterocycles. The number of nitrogens with one attached hydrogen (secondary N) is 3. The van der Waals surface area contributed by atoms with Crippen LogP contribution in [0, 0.1) is 0 Å². The van der Waals surface area contributed by atoms with Gasteiger partial charge in [-0.1, -0.05) is 27.7 Å². The summed E-state index contributed by atoms with van der Waals surface area (Å²) in [4.78, 5) is 60.5. The molecule has 0 saturated carbocycles. The fraction of sp³-hybridized carbons (Fsp3) is 0.773. The summed E-state index contributed by atoms with van der Waals surface area (Å²) in [6, 6.07) is -1.17. The molecule has 2 unspecified atom stereocenters. The molecule has 2 amide bonds. The van der Waals surface area contributed by atoms with Gasteiger partial charge in [-0.3, -0.25) is 24.0 Å². The summed E-state index contributed by atoms with van der Waals surface area (Å²) in [5.74, 6) is -0.729. The lowest BCUT2D eigenvalue weighted by molar-refractivity contribution is -0.125. The molecule has 0 aromatic carbocycles. The number of ketones is 3. The molecule has 0 aromatic rings. The van der Waals surface area contributed by atoms with Gasteiger partial charge < -0.3 is 16.0 Å². The molecule has 0 aliphatic carbocycles. The fourth-order valence-electron chi connectivity index (χ4n) is 3.08. The molecule has 0 spiro atoms. The van der Waals surface area contributed by atoms with E-state index in [1.54, 1.807) is 27.8 Å². The third-order valence-corrected chi connectivity index (χ3v) is 5.10. The number of hydrogen-bond acceptors (Lipinski definition) is 6. The number of Topliss-reactive ketones (excluding diaryl/α,β-unsaturated/α-hetero) is 3. The highest BCUT2D eigenvalue weighted by molar-refractivity contribution is 5.86. The highest BCUT2D eigenvalue weighted by Gasteiger charge is 2.23. The minimum atomic E-state index is -0.622. The van der Waals surface area contributed by atoms with E-state index in [0.29, 0.717) is 19.3 Å². The van der Waals surface area contributed by atoms with E-state index in [0.717, 1.165) is 6.42 Å². The largest absolute Gasteiger partial charge is 0.352 e. The van der Waals surface area contributed by atoms with Gasteiger partial charge in [-0.15, -0.1) is 0 Å². The van der Waals surface area contributed by atoms with E-state index < -0.39 is 12.1 Å². The average molecular weight is 426 g/mol. The molecule has 2 atom stereocenters. The molecule has 0 heterocycles. The number of amides is 2. The van der Waals surface area contributed by atoms with Crippen LogP contribution in [-0.2, 0) is 24.0 Å². The van der Waals surface area contributed by atoms with Gasteiger partial charge in [-0.25, -0.2) is 0 Å². The lowest BCUT2D eigenvalue weighted by Crippen LogP contribution is -2.45. The van der Waals surface area contributed by atoms with Crippen molar-refractivity contribution in [2.75, 3.05) is 7.05 Å². The van der Waals surface area contributed by atoms with Crippen molar-refractivity contribution in [3.63, 3.8) is 0 Å². The molecular weight excluding hydrogens is 386 g/mol. The minimum absolute atomic E-state index is 0.0193. The second kappa shape index (κ2) is 15.7. The van der Waals surface area contributed by atoms with E-state index in [9.17, 15) is 24.0 Å². The van der Waals surface area contributed by atoms with E-state index in [-0.39, 0.29) is 67.3 Å². The highest BCUT2D eigenvalue weighted by atomic mass is 16.2. The summed E-state index contributed by atoms with van der Waals surface area (Å²) in [5.41, 5.74) is 0. The molecule has 0 saturated heterocycles. The Bertz CT molecular complexity index is 569. The Morgan fingerprint density at radius 3 is 1.20 bits per heavy atom. The summed E-state index contributed by atoms with van der Waals surface area (Å²) in [6.45, 7) is 7.17. The van der Waals surface area contributed by atoms with Gasteiger partial charge in [-0.05, 0) is 13.5 Å². The van der Waals surface area contributed by atoms with Gasteiger partial charge in [0.05, 0.1) is 0 Å². The van der Waals surface area contributed by atoms with Crippen LogP contribution in [0.25, 0.3) is 0 Å². The van der Waals surface area contributed by atoms with Crippen molar-refractivity contribution in [3.05, 3.63) is 0 Å². The minimum Gasteiger partial charge on any atom is -0.352 e. The van der Waals surface area contributed by atoms with Crippen molar-refractivity contribution in [2.45, 2.75) is 104 Å². The Hall–Kier alpha value is -2.09. The van der Waals surface area contributed by atoms with Crippen molar-refractivity contribution >= 4 is 29.2 Å². The van der Waals surface area contributed by atoms with Gasteiger partial charge in [0, 0.05) is 69.5 Å². The predicted molar refractivity (Wildman–Crippen MR) is 116 cm³/mol. The van der Waals surface area contributed by atoms with E-state index in [1.165, 1.54) is 0 Å². The van der Waals surface area contributed by atoms with Crippen LogP contribution in [-0.4, -0.2) is 54.3 Å². The first-order valence-corrected chi connectivity index (χ1v) is 11.0. The Morgan fingerprint density at radius 1 is 0.567 bits per heavy atom. The monoisotopic (exact) mass is 425 g/mol. The summed E-state index contributed by atoms with van der Waals surface area (Å²) in [5, 5.41) is 8.60. The van der Waals surface area contributed by atoms with E-state index in [2.05, 4.69) is 16.0 Å². The van der Waals surface area contributed by atoms with Crippen LogP contribution in [0.15, 0.2) is 0 Å². The number of rotatable bonds is 17. The summed E-state index contributed by atoms with van der Waals surface area (Å²) in [7, 11) is 1.78. The quantitative estimate of drug-likeness (QED) is 0.327. The van der Waals surface area contributed by atoms with Crippen molar-refractivity contribution < 1.29 is 24.0 Å². The van der Waals surface area contributed by atoms with Crippen LogP contribution < -0.4 is 16.0 Å². The molecule has 0 fully saturated rings. The van der Waals surface area contributed by atoms with Gasteiger partial charge in [0.15, 0.2) is 0 Å². The lowest BCUT2D eigenvalue weighted by atomic mass is 10.0. The van der Waals surface area contributed by atoms with Crippen molar-refractivity contribution in [1.29, 1.82) is 0 Å². The SMILES string of the molecule is CCC(=O)CC(CC(=O)CC)NC(=O)CC(CC(=O)CC)NC(=O)CC(CC)NC. The van der Waals surface area contributed by atoms with Gasteiger partial charge in [-0.2, -0.15) is 0 Å². The summed E-state index contributed by atoms with van der Waals surface area (Å²) in [6.07, 6.45) is 2.20. The molecule has 0 aliphatic heterocycles. The smallest absolute Gasteiger partial charge is 0.222 e. The topological polar surface area (TPSA) is 121 Å². The maximum absolute atomic E-state index is 12.6. The zero-order chi connectivity index (χ0) is 23.1. The Morgan fingerprint density at radius 2 is 0.900 bits per heavy atom. The zero-order valence-electron chi connectivity index (χ0n) is 19.1. The predicted octanol–water partition coefficient (Wildman–Crippen LogP) is 1.84. The molecule has 3 N–H and O–H groups in total. The summed E-state index contributed by atoms with van der Waals surface area (Å²) < 4.78 is 0. The fourth-order valence-corrected chi connectivity index (χ4v) is 3.08. The van der Waals surface area contributed by atoms with Crippen LogP contribution >= 0.6 is 0 Å². The van der Waals surface area contributed by atoms with Crippen molar-refractivity contribution in [3.8, 4) is 0 Å². The van der Waals surface area contributed by atoms with Crippen LogP contribution in [0.4, 0.5) is 0 Å². The molecule has 0 rings (SSSR count). The van der Waals surface area contributed by atoms with Gasteiger partial charge in [0.1, 0.15) is 17.3 Å². The second-order valence-corrected chi connectivity index (χ2v) is 7.62. The third kappa shape index (κ3) is 12.5. The maximum atomic E-state index is 12.6. The molecular formula is C22H39N3O5. The van der Waals surface area contributed by atoms with Crippen LogP contribution in [0.3, 0.4) is 0 Å². The Balaban J connectivity index is 5.08. The standard InChI is InChI=1S/C22H39N3O5/c1-6-15(23-5)13-21(29)25-17(12-20(28)9-4)14-22(30)24-16(10-18(26)7-2)11-19(27)8-3/h15-17,23H,6-14H2,1-5H3,(H,24,30)(H,25,29).